The molecule has 0 aliphatic rings. The number of nitrogens with one attached hydrogen (secondary N) is 2. The molecule has 0 amide bonds. The van der Waals surface area contributed by atoms with Crippen LogP contribution >= 0.6 is 0 Å². The molecule has 0 aromatic rings. The molecule has 0 saturated carbocycles. The molecule has 0 aliphatic heterocycles. The second-order valence-electron chi connectivity index (χ2n) is 2.70. The van der Waals surface area contributed by atoms with Crippen molar-refractivity contribution in [2.75, 3.05) is 20.1 Å². The van der Waals surface area contributed by atoms with Crippen molar-refractivity contribution in [3.63, 3.8) is 0 Å². The fourth-order valence-corrected chi connectivity index (χ4v) is 1.04. The quantitative estimate of drug-likeness (QED) is 0.543. The highest BCUT2D eigenvalue weighted by Crippen LogP contribution is 1.93. The molecule has 10 heavy (non-hydrogen) atoms. The lowest BCUT2D eigenvalue weighted by Gasteiger charge is -2.10. The number of hydrogen-bond acceptors (Lipinski definition) is 2. The van der Waals surface area contributed by atoms with Gasteiger partial charge in [0.05, 0.1) is 0 Å². The molecule has 2 nitrogen and oxygen atoms in total. The van der Waals surface area contributed by atoms with E-state index in [0.29, 0.717) is 6.04 Å². The second kappa shape index (κ2) is 7.03. The molecule has 0 radical (unpaired) electrons. The molecular formula is C8H20N2. The van der Waals surface area contributed by atoms with E-state index in [9.17, 15) is 0 Å². The van der Waals surface area contributed by atoms with Crippen LogP contribution in [-0.4, -0.2) is 26.2 Å². The second-order valence-corrected chi connectivity index (χ2v) is 2.70. The molecule has 0 heterocycles. The zero-order chi connectivity index (χ0) is 7.82. The van der Waals surface area contributed by atoms with Gasteiger partial charge in [-0.25, -0.2) is 0 Å². The van der Waals surface area contributed by atoms with Gasteiger partial charge in [0, 0.05) is 6.04 Å². The molecule has 0 spiro atoms. The predicted molar refractivity (Wildman–Crippen MR) is 46.3 cm³/mol. The third-order valence-corrected chi connectivity index (χ3v) is 1.62. The first-order chi connectivity index (χ1) is 4.81. The Morgan fingerprint density at radius 2 is 2.10 bits per heavy atom. The average Bonchev–Trinajstić information content (AvgIpc) is 1.89. The zero-order valence-corrected chi connectivity index (χ0v) is 7.41. The summed E-state index contributed by atoms with van der Waals surface area (Å²) in [6, 6.07) is 0.679. The monoisotopic (exact) mass is 144 g/mol. The van der Waals surface area contributed by atoms with Gasteiger partial charge in [0.15, 0.2) is 0 Å². The maximum absolute atomic E-state index is 3.38. The summed E-state index contributed by atoms with van der Waals surface area (Å²) in [4.78, 5) is 0. The van der Waals surface area contributed by atoms with Crippen molar-refractivity contribution in [1.82, 2.24) is 10.6 Å². The molecule has 2 N–H and O–H groups in total. The minimum atomic E-state index is 0.679. The highest BCUT2D eigenvalue weighted by molar-refractivity contribution is 4.58. The molecule has 0 bridgehead atoms. The van der Waals surface area contributed by atoms with Gasteiger partial charge in [0.2, 0.25) is 0 Å². The van der Waals surface area contributed by atoms with Gasteiger partial charge in [-0.2, -0.15) is 0 Å². The Hall–Kier alpha value is -0.0800. The smallest absolute Gasteiger partial charge is 0.00390 e. The molecule has 0 aromatic heterocycles. The molecular weight excluding hydrogens is 124 g/mol. The molecule has 0 aromatic carbocycles. The van der Waals surface area contributed by atoms with Crippen LogP contribution in [0.1, 0.15) is 26.7 Å². The van der Waals surface area contributed by atoms with Gasteiger partial charge in [-0.1, -0.05) is 6.92 Å². The Labute approximate surface area is 64.4 Å². The molecule has 0 fully saturated rings. The summed E-state index contributed by atoms with van der Waals surface area (Å²) in [5.74, 6) is 0. The van der Waals surface area contributed by atoms with Crippen molar-refractivity contribution >= 4 is 0 Å². The standard InChI is InChI=1S/C8H20N2/c1-4-10-8(2)6-5-7-9-3/h8-10H,4-7H2,1-3H3. The summed E-state index contributed by atoms with van der Waals surface area (Å²) >= 11 is 0. The summed E-state index contributed by atoms with van der Waals surface area (Å²) in [6.07, 6.45) is 2.54. The van der Waals surface area contributed by atoms with Crippen LogP contribution in [0.5, 0.6) is 0 Å². The SMILES string of the molecule is CCNC(C)CCCNC. The van der Waals surface area contributed by atoms with Gasteiger partial charge in [0.1, 0.15) is 0 Å². The van der Waals surface area contributed by atoms with E-state index >= 15 is 0 Å². The highest BCUT2D eigenvalue weighted by Gasteiger charge is 1.96. The van der Waals surface area contributed by atoms with Crippen molar-refractivity contribution in [2.24, 2.45) is 0 Å². The third-order valence-electron chi connectivity index (χ3n) is 1.62. The van der Waals surface area contributed by atoms with Crippen LogP contribution in [0, 0.1) is 0 Å². The van der Waals surface area contributed by atoms with E-state index in [0.717, 1.165) is 13.1 Å². The average molecular weight is 144 g/mol. The van der Waals surface area contributed by atoms with Crippen molar-refractivity contribution in [3.8, 4) is 0 Å². The van der Waals surface area contributed by atoms with Gasteiger partial charge < -0.3 is 10.6 Å². The normalized spacial score (nSPS) is 13.5. The van der Waals surface area contributed by atoms with Gasteiger partial charge in [0.25, 0.3) is 0 Å². The Balaban J connectivity index is 2.97. The summed E-state index contributed by atoms with van der Waals surface area (Å²) in [5, 5.41) is 6.51. The Kier molecular flexibility index (Phi) is 6.98. The highest BCUT2D eigenvalue weighted by atomic mass is 14.9. The Morgan fingerprint density at radius 3 is 2.60 bits per heavy atom. The lowest BCUT2D eigenvalue weighted by Crippen LogP contribution is -2.26. The predicted octanol–water partition coefficient (Wildman–Crippen LogP) is 0.984. The topological polar surface area (TPSA) is 24.1 Å². The lowest BCUT2D eigenvalue weighted by atomic mass is 10.2. The molecule has 0 saturated heterocycles. The van der Waals surface area contributed by atoms with Gasteiger partial charge >= 0.3 is 0 Å². The first-order valence-electron chi connectivity index (χ1n) is 4.19. The molecule has 2 heteroatoms. The lowest BCUT2D eigenvalue weighted by molar-refractivity contribution is 0.506. The Bertz CT molecular complexity index is 64.3. The van der Waals surface area contributed by atoms with Crippen molar-refractivity contribution in [1.29, 1.82) is 0 Å². The van der Waals surface area contributed by atoms with E-state index in [-0.39, 0.29) is 0 Å². The molecule has 0 rings (SSSR count). The van der Waals surface area contributed by atoms with E-state index in [1.165, 1.54) is 12.8 Å². The molecule has 0 aliphatic carbocycles. The van der Waals surface area contributed by atoms with Crippen molar-refractivity contribution in [2.45, 2.75) is 32.7 Å². The van der Waals surface area contributed by atoms with E-state index in [2.05, 4.69) is 24.5 Å². The van der Waals surface area contributed by atoms with Gasteiger partial charge in [-0.3, -0.25) is 0 Å². The summed E-state index contributed by atoms with van der Waals surface area (Å²) in [7, 11) is 2.00. The minimum Gasteiger partial charge on any atom is -0.320 e. The number of hydrogen-bond donors (Lipinski definition) is 2. The zero-order valence-electron chi connectivity index (χ0n) is 7.41. The minimum absolute atomic E-state index is 0.679. The maximum atomic E-state index is 3.38. The van der Waals surface area contributed by atoms with E-state index < -0.39 is 0 Å². The third kappa shape index (κ3) is 6.05. The van der Waals surface area contributed by atoms with Gasteiger partial charge in [-0.15, -0.1) is 0 Å². The van der Waals surface area contributed by atoms with Crippen LogP contribution in [-0.2, 0) is 0 Å². The molecule has 1 unspecified atom stereocenters. The van der Waals surface area contributed by atoms with Gasteiger partial charge in [-0.05, 0) is 39.9 Å². The molecule has 62 valence electrons. The van der Waals surface area contributed by atoms with Crippen LogP contribution in [0.15, 0.2) is 0 Å². The van der Waals surface area contributed by atoms with Crippen LogP contribution in [0.2, 0.25) is 0 Å². The first kappa shape index (κ1) is 9.92. The summed E-state index contributed by atoms with van der Waals surface area (Å²) in [6.45, 7) is 6.60. The van der Waals surface area contributed by atoms with Crippen molar-refractivity contribution < 1.29 is 0 Å². The largest absolute Gasteiger partial charge is 0.320 e. The number of rotatable bonds is 6. The van der Waals surface area contributed by atoms with Crippen molar-refractivity contribution in [3.05, 3.63) is 0 Å². The maximum Gasteiger partial charge on any atom is 0.00390 e. The molecule has 1 atom stereocenters. The summed E-state index contributed by atoms with van der Waals surface area (Å²) < 4.78 is 0. The van der Waals surface area contributed by atoms with E-state index in [1.54, 1.807) is 0 Å². The fraction of sp³-hybridized carbons (Fsp3) is 1.00. The van der Waals surface area contributed by atoms with Crippen LogP contribution in [0.3, 0.4) is 0 Å². The van der Waals surface area contributed by atoms with Crippen LogP contribution < -0.4 is 10.6 Å². The van der Waals surface area contributed by atoms with E-state index in [1.807, 2.05) is 7.05 Å². The van der Waals surface area contributed by atoms with E-state index in [4.69, 9.17) is 0 Å². The first-order valence-corrected chi connectivity index (χ1v) is 4.19. The van der Waals surface area contributed by atoms with Crippen LogP contribution in [0.4, 0.5) is 0 Å². The Morgan fingerprint density at radius 1 is 1.40 bits per heavy atom. The fourth-order valence-electron chi connectivity index (χ4n) is 1.04. The summed E-state index contributed by atoms with van der Waals surface area (Å²) in [5.41, 5.74) is 0. The van der Waals surface area contributed by atoms with Crippen LogP contribution in [0.25, 0.3) is 0 Å².